The highest BCUT2D eigenvalue weighted by molar-refractivity contribution is 5.93. The second-order valence-electron chi connectivity index (χ2n) is 3.90. The number of hydrogen-bond acceptors (Lipinski definition) is 4. The van der Waals surface area contributed by atoms with Crippen molar-refractivity contribution in [2.45, 2.75) is 26.8 Å². The zero-order valence-electron chi connectivity index (χ0n) is 9.94. The Labute approximate surface area is 98.5 Å². The fourth-order valence-electron chi connectivity index (χ4n) is 1.51. The van der Waals surface area contributed by atoms with Gasteiger partial charge >= 0.3 is 0 Å². The molecule has 0 saturated heterocycles. The predicted octanol–water partition coefficient (Wildman–Crippen LogP) is 1.51. The maximum Gasteiger partial charge on any atom is 0.274 e. The molecule has 2 heterocycles. The number of amides is 1. The van der Waals surface area contributed by atoms with E-state index in [1.165, 1.54) is 6.39 Å². The van der Waals surface area contributed by atoms with E-state index in [2.05, 4.69) is 20.3 Å². The number of imidazole rings is 1. The average Bonchev–Trinajstić information content (AvgIpc) is 2.86. The summed E-state index contributed by atoms with van der Waals surface area (Å²) in [5, 5.41) is 2.80. The number of aromatic nitrogens is 3. The molecule has 0 unspecified atom stereocenters. The largest absolute Gasteiger partial charge is 0.448 e. The molecular formula is C11H14N4O2. The van der Waals surface area contributed by atoms with Crippen molar-refractivity contribution < 1.29 is 9.21 Å². The van der Waals surface area contributed by atoms with Crippen LogP contribution in [-0.4, -0.2) is 20.9 Å². The molecule has 0 spiro atoms. The van der Waals surface area contributed by atoms with Crippen molar-refractivity contribution in [3.05, 3.63) is 35.6 Å². The Balaban J connectivity index is 2.07. The number of rotatable bonds is 3. The van der Waals surface area contributed by atoms with Gasteiger partial charge in [-0.05, 0) is 20.8 Å². The third kappa shape index (κ3) is 2.35. The van der Waals surface area contributed by atoms with Crippen molar-refractivity contribution in [3.63, 3.8) is 0 Å². The summed E-state index contributed by atoms with van der Waals surface area (Å²) in [4.78, 5) is 22.9. The van der Waals surface area contributed by atoms with E-state index < -0.39 is 0 Å². The Bertz CT molecular complexity index is 529. The number of carbonyl (C=O) groups is 1. The summed E-state index contributed by atoms with van der Waals surface area (Å²) < 4.78 is 4.98. The molecule has 2 aromatic rings. The molecule has 1 atom stereocenters. The Morgan fingerprint density at radius 1 is 1.47 bits per heavy atom. The molecule has 17 heavy (non-hydrogen) atoms. The molecule has 2 aromatic heterocycles. The molecule has 90 valence electrons. The second-order valence-corrected chi connectivity index (χ2v) is 3.90. The van der Waals surface area contributed by atoms with Gasteiger partial charge in [0.2, 0.25) is 0 Å². The average molecular weight is 234 g/mol. The minimum absolute atomic E-state index is 0.202. The van der Waals surface area contributed by atoms with Gasteiger partial charge < -0.3 is 14.7 Å². The summed E-state index contributed by atoms with van der Waals surface area (Å²) in [5.74, 6) is 0.958. The lowest BCUT2D eigenvalue weighted by atomic mass is 10.3. The first-order valence-corrected chi connectivity index (χ1v) is 5.30. The number of hydrogen-bond donors (Lipinski definition) is 2. The van der Waals surface area contributed by atoms with Crippen LogP contribution in [0.5, 0.6) is 0 Å². The van der Waals surface area contributed by atoms with Crippen molar-refractivity contribution in [2.24, 2.45) is 0 Å². The van der Waals surface area contributed by atoms with Gasteiger partial charge in [-0.15, -0.1) is 0 Å². The number of oxazole rings is 1. The van der Waals surface area contributed by atoms with Gasteiger partial charge in [0.15, 0.2) is 12.1 Å². The van der Waals surface area contributed by atoms with Crippen LogP contribution in [0.2, 0.25) is 0 Å². The van der Waals surface area contributed by atoms with E-state index in [1.807, 2.05) is 13.8 Å². The van der Waals surface area contributed by atoms with Crippen LogP contribution < -0.4 is 5.32 Å². The maximum atomic E-state index is 11.8. The SMILES string of the molecule is Cc1cnc([C@H](C)NC(=O)c2ncoc2C)[nH]1. The van der Waals surface area contributed by atoms with Crippen molar-refractivity contribution in [3.8, 4) is 0 Å². The van der Waals surface area contributed by atoms with E-state index in [0.29, 0.717) is 11.5 Å². The van der Waals surface area contributed by atoms with Crippen molar-refractivity contribution in [1.82, 2.24) is 20.3 Å². The molecule has 0 aliphatic rings. The summed E-state index contributed by atoms with van der Waals surface area (Å²) >= 11 is 0. The van der Waals surface area contributed by atoms with Crippen LogP contribution in [0.1, 0.15) is 40.7 Å². The van der Waals surface area contributed by atoms with Gasteiger partial charge in [0.25, 0.3) is 5.91 Å². The van der Waals surface area contributed by atoms with E-state index in [9.17, 15) is 4.79 Å². The van der Waals surface area contributed by atoms with Gasteiger partial charge in [-0.25, -0.2) is 9.97 Å². The third-order valence-electron chi connectivity index (χ3n) is 2.44. The highest BCUT2D eigenvalue weighted by atomic mass is 16.3. The van der Waals surface area contributed by atoms with Crippen LogP contribution in [-0.2, 0) is 0 Å². The maximum absolute atomic E-state index is 11.8. The molecule has 0 aromatic carbocycles. The fraction of sp³-hybridized carbons (Fsp3) is 0.364. The topological polar surface area (TPSA) is 83.8 Å². The predicted molar refractivity (Wildman–Crippen MR) is 60.4 cm³/mol. The number of nitrogens with one attached hydrogen (secondary N) is 2. The van der Waals surface area contributed by atoms with Crippen LogP contribution in [0, 0.1) is 13.8 Å². The monoisotopic (exact) mass is 234 g/mol. The molecule has 1 amide bonds. The van der Waals surface area contributed by atoms with Crippen molar-refractivity contribution >= 4 is 5.91 Å². The Kier molecular flexibility index (Phi) is 2.95. The molecule has 0 saturated carbocycles. The lowest BCUT2D eigenvalue weighted by Gasteiger charge is -2.10. The first-order chi connectivity index (χ1) is 8.08. The molecule has 2 N–H and O–H groups in total. The van der Waals surface area contributed by atoms with Gasteiger partial charge in [0.1, 0.15) is 11.6 Å². The second kappa shape index (κ2) is 4.40. The minimum Gasteiger partial charge on any atom is -0.448 e. The highest BCUT2D eigenvalue weighted by Gasteiger charge is 2.17. The zero-order valence-corrected chi connectivity index (χ0v) is 9.94. The summed E-state index contributed by atoms with van der Waals surface area (Å²) in [7, 11) is 0. The summed E-state index contributed by atoms with van der Waals surface area (Å²) in [5.41, 5.74) is 1.26. The van der Waals surface area contributed by atoms with Gasteiger partial charge in [0, 0.05) is 11.9 Å². The van der Waals surface area contributed by atoms with E-state index in [1.54, 1.807) is 13.1 Å². The number of aromatic amines is 1. The number of aryl methyl sites for hydroxylation is 2. The van der Waals surface area contributed by atoms with Gasteiger partial charge in [0.05, 0.1) is 6.04 Å². The van der Waals surface area contributed by atoms with Crippen LogP contribution in [0.3, 0.4) is 0 Å². The normalized spacial score (nSPS) is 12.4. The number of nitrogens with zero attached hydrogens (tertiary/aromatic N) is 2. The zero-order chi connectivity index (χ0) is 12.4. The van der Waals surface area contributed by atoms with Crippen molar-refractivity contribution in [2.75, 3.05) is 0 Å². The smallest absolute Gasteiger partial charge is 0.274 e. The minimum atomic E-state index is -0.266. The van der Waals surface area contributed by atoms with Crippen LogP contribution in [0.15, 0.2) is 17.0 Å². The Morgan fingerprint density at radius 2 is 2.24 bits per heavy atom. The van der Waals surface area contributed by atoms with Gasteiger partial charge in [-0.2, -0.15) is 0 Å². The van der Waals surface area contributed by atoms with E-state index in [4.69, 9.17) is 4.42 Å². The molecule has 0 radical (unpaired) electrons. The summed E-state index contributed by atoms with van der Waals surface area (Å²) in [6.45, 7) is 5.46. The van der Waals surface area contributed by atoms with Crippen molar-refractivity contribution in [1.29, 1.82) is 0 Å². The molecule has 0 aliphatic carbocycles. The molecule has 6 nitrogen and oxygen atoms in total. The lowest BCUT2D eigenvalue weighted by Crippen LogP contribution is -2.28. The quantitative estimate of drug-likeness (QED) is 0.843. The first-order valence-electron chi connectivity index (χ1n) is 5.30. The molecular weight excluding hydrogens is 220 g/mol. The Morgan fingerprint density at radius 3 is 2.76 bits per heavy atom. The van der Waals surface area contributed by atoms with Crippen LogP contribution in [0.4, 0.5) is 0 Å². The fourth-order valence-corrected chi connectivity index (χ4v) is 1.51. The molecule has 0 bridgehead atoms. The van der Waals surface area contributed by atoms with E-state index in [0.717, 1.165) is 11.5 Å². The third-order valence-corrected chi connectivity index (χ3v) is 2.44. The molecule has 0 fully saturated rings. The van der Waals surface area contributed by atoms with E-state index in [-0.39, 0.29) is 11.9 Å². The summed E-state index contributed by atoms with van der Waals surface area (Å²) in [6, 6.07) is -0.202. The van der Waals surface area contributed by atoms with Crippen LogP contribution in [0.25, 0.3) is 0 Å². The highest BCUT2D eigenvalue weighted by Crippen LogP contribution is 2.10. The van der Waals surface area contributed by atoms with Crippen LogP contribution >= 0.6 is 0 Å². The Hall–Kier alpha value is -2.11. The van der Waals surface area contributed by atoms with Gasteiger partial charge in [-0.1, -0.05) is 0 Å². The number of H-pyrrole nitrogens is 1. The number of carbonyl (C=O) groups excluding carboxylic acids is 1. The lowest BCUT2D eigenvalue weighted by molar-refractivity contribution is 0.0932. The first kappa shape index (κ1) is 11.4. The van der Waals surface area contributed by atoms with Gasteiger partial charge in [-0.3, -0.25) is 4.79 Å². The van der Waals surface area contributed by atoms with E-state index >= 15 is 0 Å². The summed E-state index contributed by atoms with van der Waals surface area (Å²) in [6.07, 6.45) is 2.98. The molecule has 0 aliphatic heterocycles. The standard InChI is InChI=1S/C11H14N4O2/c1-6-4-12-10(14-6)7(2)15-11(16)9-8(3)17-5-13-9/h4-5,7H,1-3H3,(H,12,14)(H,15,16)/t7-/m0/s1. The molecule has 6 heteroatoms. The molecule has 2 rings (SSSR count).